The van der Waals surface area contributed by atoms with Crippen LogP contribution in [0.15, 0.2) is 30.3 Å². The van der Waals surface area contributed by atoms with Crippen molar-refractivity contribution in [2.75, 3.05) is 6.61 Å². The van der Waals surface area contributed by atoms with Crippen molar-refractivity contribution in [1.82, 2.24) is 10.6 Å². The van der Waals surface area contributed by atoms with E-state index in [1.165, 1.54) is 0 Å². The van der Waals surface area contributed by atoms with Gasteiger partial charge in [-0.15, -0.1) is 12.4 Å². The summed E-state index contributed by atoms with van der Waals surface area (Å²) in [5, 5.41) is 23.6. The van der Waals surface area contributed by atoms with Crippen LogP contribution in [0.3, 0.4) is 0 Å². The molecule has 0 aliphatic rings. The first-order valence-electron chi connectivity index (χ1n) is 7.36. The zero-order valence-corrected chi connectivity index (χ0v) is 14.2. The van der Waals surface area contributed by atoms with Crippen molar-refractivity contribution in [2.24, 2.45) is 5.92 Å². The van der Waals surface area contributed by atoms with Gasteiger partial charge >= 0.3 is 0 Å². The molecule has 2 amide bonds. The van der Waals surface area contributed by atoms with Crippen molar-refractivity contribution in [2.45, 2.75) is 39.0 Å². The van der Waals surface area contributed by atoms with Crippen LogP contribution in [0, 0.1) is 5.92 Å². The van der Waals surface area contributed by atoms with Gasteiger partial charge in [0.05, 0.1) is 0 Å². The molecule has 2 atom stereocenters. The minimum Gasteiger partial charge on any atom is -0.396 e. The Morgan fingerprint density at radius 2 is 1.74 bits per heavy atom. The monoisotopic (exact) mass is 344 g/mol. The van der Waals surface area contributed by atoms with Gasteiger partial charge in [-0.25, -0.2) is 0 Å². The standard InChI is InChI=1S/C16H24N2O4.ClH/c1-11(2)14(18-15(21)13(20)8-9-19)16(22)17-10-12-6-4-3-5-7-12;/h3-7,11,13-14,19-20H,8-10H2,1-2H3,(H,17,22)(H,18,21);1H. The normalized spacial score (nSPS) is 12.9. The predicted molar refractivity (Wildman–Crippen MR) is 90.0 cm³/mol. The summed E-state index contributed by atoms with van der Waals surface area (Å²) in [5.74, 6) is -1.08. The number of halogens is 1. The van der Waals surface area contributed by atoms with Gasteiger partial charge in [-0.2, -0.15) is 0 Å². The molecular formula is C16H25ClN2O4. The summed E-state index contributed by atoms with van der Waals surface area (Å²) in [6, 6.07) is 8.72. The van der Waals surface area contributed by atoms with Crippen molar-refractivity contribution < 1.29 is 19.8 Å². The van der Waals surface area contributed by atoms with Crippen LogP contribution in [0.5, 0.6) is 0 Å². The summed E-state index contributed by atoms with van der Waals surface area (Å²) in [6.45, 7) is 3.70. The average Bonchev–Trinajstić information content (AvgIpc) is 2.51. The third-order valence-corrected chi connectivity index (χ3v) is 3.26. The van der Waals surface area contributed by atoms with Crippen LogP contribution in [0.2, 0.25) is 0 Å². The van der Waals surface area contributed by atoms with Crippen LogP contribution < -0.4 is 10.6 Å². The molecule has 1 aromatic carbocycles. The minimum absolute atomic E-state index is 0. The Labute approximate surface area is 142 Å². The van der Waals surface area contributed by atoms with Gasteiger partial charge in [-0.3, -0.25) is 9.59 Å². The molecule has 4 N–H and O–H groups in total. The van der Waals surface area contributed by atoms with Crippen LogP contribution in [0.25, 0.3) is 0 Å². The molecule has 23 heavy (non-hydrogen) atoms. The maximum atomic E-state index is 12.2. The van der Waals surface area contributed by atoms with Gasteiger partial charge in [0, 0.05) is 19.6 Å². The van der Waals surface area contributed by atoms with E-state index in [9.17, 15) is 14.7 Å². The topological polar surface area (TPSA) is 98.7 Å². The molecular weight excluding hydrogens is 320 g/mol. The lowest BCUT2D eigenvalue weighted by Gasteiger charge is -2.23. The number of nitrogens with one attached hydrogen (secondary N) is 2. The fraction of sp³-hybridized carbons (Fsp3) is 0.500. The van der Waals surface area contributed by atoms with E-state index in [1.54, 1.807) is 0 Å². The summed E-state index contributed by atoms with van der Waals surface area (Å²) in [7, 11) is 0. The predicted octanol–water partition coefficient (Wildman–Crippen LogP) is 0.609. The first-order chi connectivity index (χ1) is 10.5. The number of carbonyl (C=O) groups is 2. The van der Waals surface area contributed by atoms with Crippen LogP contribution in [0.4, 0.5) is 0 Å². The largest absolute Gasteiger partial charge is 0.396 e. The van der Waals surface area contributed by atoms with Crippen LogP contribution in [0.1, 0.15) is 25.8 Å². The second-order valence-corrected chi connectivity index (χ2v) is 5.46. The first kappa shape index (κ1) is 21.4. The van der Waals surface area contributed by atoms with Crippen molar-refractivity contribution in [3.63, 3.8) is 0 Å². The SMILES string of the molecule is CC(C)C(NC(=O)C(O)CCO)C(=O)NCc1ccccc1.Cl. The summed E-state index contributed by atoms with van der Waals surface area (Å²) < 4.78 is 0. The highest BCUT2D eigenvalue weighted by atomic mass is 35.5. The third-order valence-electron chi connectivity index (χ3n) is 3.26. The summed E-state index contributed by atoms with van der Waals surface area (Å²) in [6.07, 6.45) is -1.37. The maximum Gasteiger partial charge on any atom is 0.249 e. The second kappa shape index (κ2) is 11.0. The third kappa shape index (κ3) is 7.45. The van der Waals surface area contributed by atoms with E-state index < -0.39 is 18.1 Å². The van der Waals surface area contributed by atoms with Crippen LogP contribution in [-0.2, 0) is 16.1 Å². The van der Waals surface area contributed by atoms with Gasteiger partial charge in [0.1, 0.15) is 12.1 Å². The number of aliphatic hydroxyl groups is 2. The Balaban J connectivity index is 0.00000484. The van der Waals surface area contributed by atoms with Gasteiger partial charge < -0.3 is 20.8 Å². The molecule has 2 unspecified atom stereocenters. The molecule has 0 aromatic heterocycles. The highest BCUT2D eigenvalue weighted by molar-refractivity contribution is 5.89. The van der Waals surface area contributed by atoms with E-state index in [-0.39, 0.29) is 37.3 Å². The number of benzene rings is 1. The molecule has 130 valence electrons. The molecule has 0 aliphatic heterocycles. The number of hydrogen-bond donors (Lipinski definition) is 4. The molecule has 0 heterocycles. The number of carbonyl (C=O) groups excluding carboxylic acids is 2. The molecule has 0 saturated carbocycles. The van der Waals surface area contributed by atoms with Crippen molar-refractivity contribution >= 4 is 24.2 Å². The zero-order valence-electron chi connectivity index (χ0n) is 13.4. The molecule has 0 fully saturated rings. The Bertz CT molecular complexity index is 482. The lowest BCUT2D eigenvalue weighted by Crippen LogP contribution is -2.52. The van der Waals surface area contributed by atoms with Gasteiger partial charge in [-0.1, -0.05) is 44.2 Å². The smallest absolute Gasteiger partial charge is 0.249 e. The van der Waals surface area contributed by atoms with Gasteiger partial charge in [0.2, 0.25) is 11.8 Å². The van der Waals surface area contributed by atoms with E-state index in [0.717, 1.165) is 5.56 Å². The molecule has 0 radical (unpaired) electrons. The quantitative estimate of drug-likeness (QED) is 0.555. The van der Waals surface area contributed by atoms with Gasteiger partial charge in [0.25, 0.3) is 0 Å². The molecule has 0 saturated heterocycles. The maximum absolute atomic E-state index is 12.2. The molecule has 6 nitrogen and oxygen atoms in total. The van der Waals surface area contributed by atoms with Gasteiger partial charge in [0.15, 0.2) is 0 Å². The van der Waals surface area contributed by atoms with Gasteiger partial charge in [-0.05, 0) is 11.5 Å². The molecule has 0 bridgehead atoms. The Hall–Kier alpha value is -1.63. The fourth-order valence-corrected chi connectivity index (χ4v) is 1.93. The molecule has 7 heteroatoms. The second-order valence-electron chi connectivity index (χ2n) is 5.46. The molecule has 0 spiro atoms. The van der Waals surface area contributed by atoms with Crippen LogP contribution >= 0.6 is 12.4 Å². The fourth-order valence-electron chi connectivity index (χ4n) is 1.93. The Morgan fingerprint density at radius 3 is 2.26 bits per heavy atom. The average molecular weight is 345 g/mol. The van der Waals surface area contributed by atoms with Crippen molar-refractivity contribution in [1.29, 1.82) is 0 Å². The Kier molecular flexibility index (Phi) is 10.2. The lowest BCUT2D eigenvalue weighted by molar-refractivity contribution is -0.135. The number of rotatable bonds is 8. The summed E-state index contributed by atoms with van der Waals surface area (Å²) in [5.41, 5.74) is 0.963. The first-order valence-corrected chi connectivity index (χ1v) is 7.36. The van der Waals surface area contributed by atoms with E-state index in [0.29, 0.717) is 6.54 Å². The highest BCUT2D eigenvalue weighted by Gasteiger charge is 2.26. The Morgan fingerprint density at radius 1 is 1.13 bits per heavy atom. The van der Waals surface area contributed by atoms with E-state index in [2.05, 4.69) is 10.6 Å². The molecule has 0 aliphatic carbocycles. The van der Waals surface area contributed by atoms with E-state index >= 15 is 0 Å². The molecule has 1 aromatic rings. The number of amides is 2. The number of hydrogen-bond acceptors (Lipinski definition) is 4. The van der Waals surface area contributed by atoms with E-state index in [1.807, 2.05) is 44.2 Å². The zero-order chi connectivity index (χ0) is 16.5. The lowest BCUT2D eigenvalue weighted by atomic mass is 10.0. The summed E-state index contributed by atoms with van der Waals surface area (Å²) in [4.78, 5) is 24.0. The number of aliphatic hydroxyl groups excluding tert-OH is 2. The van der Waals surface area contributed by atoms with Crippen molar-refractivity contribution in [3.05, 3.63) is 35.9 Å². The van der Waals surface area contributed by atoms with Crippen LogP contribution in [-0.4, -0.2) is 40.8 Å². The van der Waals surface area contributed by atoms with Crippen molar-refractivity contribution in [3.8, 4) is 0 Å². The van der Waals surface area contributed by atoms with E-state index in [4.69, 9.17) is 5.11 Å². The minimum atomic E-state index is -1.31. The molecule has 1 rings (SSSR count). The summed E-state index contributed by atoms with van der Waals surface area (Å²) >= 11 is 0. The highest BCUT2D eigenvalue weighted by Crippen LogP contribution is 2.05.